The summed E-state index contributed by atoms with van der Waals surface area (Å²) in [4.78, 5) is 28.6. The lowest BCUT2D eigenvalue weighted by Gasteiger charge is -2.25. The highest BCUT2D eigenvalue weighted by Crippen LogP contribution is 2.44. The molecule has 1 saturated heterocycles. The normalized spacial score (nSPS) is 24.9. The second kappa shape index (κ2) is 4.43. The standard InChI is InChI=1S/C18H14N2O3/c21-15-11-5-1-3-7-13(11)17-19(15)9-10-20-16(22)12-6-2-4-8-14(12)18(20)23-17/h1-8,17-18H,9-10H2. The molecule has 3 aliphatic rings. The summed E-state index contributed by atoms with van der Waals surface area (Å²) in [7, 11) is 0. The number of nitrogens with zero attached hydrogens (tertiary/aromatic N) is 2. The van der Waals surface area contributed by atoms with Crippen molar-refractivity contribution in [3.8, 4) is 0 Å². The zero-order valence-corrected chi connectivity index (χ0v) is 12.3. The molecule has 0 aliphatic carbocycles. The number of hydrogen-bond donors (Lipinski definition) is 0. The molecule has 2 unspecified atom stereocenters. The van der Waals surface area contributed by atoms with Crippen LogP contribution in [0.2, 0.25) is 0 Å². The van der Waals surface area contributed by atoms with Gasteiger partial charge in [0.15, 0.2) is 12.5 Å². The van der Waals surface area contributed by atoms with Crippen LogP contribution in [0.5, 0.6) is 0 Å². The van der Waals surface area contributed by atoms with Crippen LogP contribution in [-0.4, -0.2) is 34.7 Å². The highest BCUT2D eigenvalue weighted by molar-refractivity contribution is 6.00. The number of carbonyl (C=O) groups excluding carboxylic acids is 2. The molecule has 5 nitrogen and oxygen atoms in total. The van der Waals surface area contributed by atoms with E-state index >= 15 is 0 Å². The second-order valence-electron chi connectivity index (χ2n) is 6.01. The Labute approximate surface area is 133 Å². The van der Waals surface area contributed by atoms with Crippen LogP contribution in [0, 0.1) is 0 Å². The first kappa shape index (κ1) is 12.8. The lowest BCUT2D eigenvalue weighted by molar-refractivity contribution is -0.103. The predicted molar refractivity (Wildman–Crippen MR) is 81.5 cm³/mol. The van der Waals surface area contributed by atoms with Crippen LogP contribution < -0.4 is 0 Å². The fourth-order valence-electron chi connectivity index (χ4n) is 3.74. The summed E-state index contributed by atoms with van der Waals surface area (Å²) in [5, 5.41) is 0. The van der Waals surface area contributed by atoms with Gasteiger partial charge in [0.05, 0.1) is 0 Å². The lowest BCUT2D eigenvalue weighted by atomic mass is 10.1. The molecule has 5 rings (SSSR count). The first-order chi connectivity index (χ1) is 11.3. The molecule has 0 saturated carbocycles. The van der Waals surface area contributed by atoms with Gasteiger partial charge >= 0.3 is 0 Å². The number of hydrogen-bond acceptors (Lipinski definition) is 3. The topological polar surface area (TPSA) is 49.9 Å². The molecular weight excluding hydrogens is 292 g/mol. The van der Waals surface area contributed by atoms with Crippen LogP contribution in [0.15, 0.2) is 48.5 Å². The third-order valence-electron chi connectivity index (χ3n) is 4.84. The molecule has 2 aromatic carbocycles. The molecule has 2 aromatic rings. The van der Waals surface area contributed by atoms with Gasteiger partial charge in [0, 0.05) is 35.3 Å². The predicted octanol–water partition coefficient (Wildman–Crippen LogP) is 2.33. The molecule has 3 aliphatic heterocycles. The maximum Gasteiger partial charge on any atom is 0.256 e. The first-order valence-electron chi connectivity index (χ1n) is 7.71. The van der Waals surface area contributed by atoms with Crippen LogP contribution in [0.25, 0.3) is 0 Å². The van der Waals surface area contributed by atoms with Gasteiger partial charge in [-0.2, -0.15) is 0 Å². The molecular formula is C18H14N2O3. The summed E-state index contributed by atoms with van der Waals surface area (Å²) < 4.78 is 6.26. The van der Waals surface area contributed by atoms with Crippen molar-refractivity contribution in [2.75, 3.05) is 13.1 Å². The number of ether oxygens (including phenoxy) is 1. The van der Waals surface area contributed by atoms with Crippen molar-refractivity contribution in [3.05, 3.63) is 70.8 Å². The van der Waals surface area contributed by atoms with E-state index in [1.807, 2.05) is 48.5 Å². The lowest BCUT2D eigenvalue weighted by Crippen LogP contribution is -2.34. The van der Waals surface area contributed by atoms with Crippen LogP contribution >= 0.6 is 0 Å². The third-order valence-corrected chi connectivity index (χ3v) is 4.84. The third kappa shape index (κ3) is 1.60. The summed E-state index contributed by atoms with van der Waals surface area (Å²) in [5.74, 6) is -0.0417. The molecule has 23 heavy (non-hydrogen) atoms. The van der Waals surface area contributed by atoms with Crippen LogP contribution in [0.3, 0.4) is 0 Å². The van der Waals surface area contributed by atoms with Gasteiger partial charge < -0.3 is 14.5 Å². The summed E-state index contributed by atoms with van der Waals surface area (Å²) >= 11 is 0. The van der Waals surface area contributed by atoms with Crippen molar-refractivity contribution in [1.82, 2.24) is 9.80 Å². The molecule has 2 atom stereocenters. The van der Waals surface area contributed by atoms with E-state index in [1.165, 1.54) is 0 Å². The van der Waals surface area contributed by atoms with E-state index in [2.05, 4.69) is 0 Å². The van der Waals surface area contributed by atoms with Gasteiger partial charge in [0.1, 0.15) is 0 Å². The Morgan fingerprint density at radius 1 is 0.739 bits per heavy atom. The van der Waals surface area contributed by atoms with Gasteiger partial charge in [-0.3, -0.25) is 9.59 Å². The van der Waals surface area contributed by atoms with Gasteiger partial charge in [-0.05, 0) is 12.1 Å². The highest BCUT2D eigenvalue weighted by atomic mass is 16.5. The first-order valence-corrected chi connectivity index (χ1v) is 7.71. The summed E-state index contributed by atoms with van der Waals surface area (Å²) in [6, 6.07) is 15.1. The Balaban J connectivity index is 1.61. The molecule has 0 N–H and O–H groups in total. The maximum absolute atomic E-state index is 12.6. The van der Waals surface area contributed by atoms with E-state index < -0.39 is 12.5 Å². The molecule has 0 bridgehead atoms. The van der Waals surface area contributed by atoms with Gasteiger partial charge in [-0.1, -0.05) is 36.4 Å². The fourth-order valence-corrected chi connectivity index (χ4v) is 3.74. The Kier molecular flexibility index (Phi) is 2.47. The van der Waals surface area contributed by atoms with Gasteiger partial charge in [-0.25, -0.2) is 0 Å². The van der Waals surface area contributed by atoms with Crippen molar-refractivity contribution in [1.29, 1.82) is 0 Å². The zero-order valence-electron chi connectivity index (χ0n) is 12.3. The van der Waals surface area contributed by atoms with Crippen LogP contribution in [0.1, 0.15) is 44.3 Å². The monoisotopic (exact) mass is 306 g/mol. The van der Waals surface area contributed by atoms with E-state index in [9.17, 15) is 9.59 Å². The highest BCUT2D eigenvalue weighted by Gasteiger charge is 2.46. The molecule has 3 heterocycles. The largest absolute Gasteiger partial charge is 0.326 e. The van der Waals surface area contributed by atoms with E-state index in [1.54, 1.807) is 9.80 Å². The van der Waals surface area contributed by atoms with Gasteiger partial charge in [0.2, 0.25) is 0 Å². The number of carbonyl (C=O) groups is 2. The average Bonchev–Trinajstić information content (AvgIpc) is 2.91. The SMILES string of the molecule is O=C1c2ccccc2C2OC3c4ccccc4C(=O)N3CCN12. The van der Waals surface area contributed by atoms with Crippen molar-refractivity contribution < 1.29 is 14.3 Å². The van der Waals surface area contributed by atoms with E-state index in [0.717, 1.165) is 11.1 Å². The fraction of sp³-hybridized carbons (Fsp3) is 0.222. The van der Waals surface area contributed by atoms with E-state index in [0.29, 0.717) is 24.2 Å². The Morgan fingerprint density at radius 3 is 1.65 bits per heavy atom. The molecule has 5 heteroatoms. The minimum atomic E-state index is -0.423. The Morgan fingerprint density at radius 2 is 1.17 bits per heavy atom. The number of amides is 2. The van der Waals surface area contributed by atoms with Gasteiger partial charge in [-0.15, -0.1) is 0 Å². The number of rotatable bonds is 0. The van der Waals surface area contributed by atoms with Crippen molar-refractivity contribution >= 4 is 11.8 Å². The molecule has 2 amide bonds. The second-order valence-corrected chi connectivity index (χ2v) is 6.01. The zero-order chi connectivity index (χ0) is 15.6. The Hall–Kier alpha value is -2.66. The maximum atomic E-state index is 12.6. The Bertz CT molecular complexity index is 778. The number of fused-ring (bicyclic) bond motifs is 6. The van der Waals surface area contributed by atoms with E-state index in [-0.39, 0.29) is 11.8 Å². The van der Waals surface area contributed by atoms with Crippen molar-refractivity contribution in [2.45, 2.75) is 12.5 Å². The molecule has 0 aromatic heterocycles. The summed E-state index contributed by atoms with van der Waals surface area (Å²) in [6.45, 7) is 0.961. The molecule has 0 spiro atoms. The minimum absolute atomic E-state index is 0.0208. The summed E-state index contributed by atoms with van der Waals surface area (Å²) in [6.07, 6.45) is -0.847. The van der Waals surface area contributed by atoms with Gasteiger partial charge in [0.25, 0.3) is 11.8 Å². The minimum Gasteiger partial charge on any atom is -0.326 e. The van der Waals surface area contributed by atoms with Crippen molar-refractivity contribution in [2.24, 2.45) is 0 Å². The molecule has 1 fully saturated rings. The molecule has 114 valence electrons. The average molecular weight is 306 g/mol. The smallest absolute Gasteiger partial charge is 0.256 e. The molecule has 0 radical (unpaired) electrons. The summed E-state index contributed by atoms with van der Waals surface area (Å²) in [5.41, 5.74) is 3.17. The van der Waals surface area contributed by atoms with E-state index in [4.69, 9.17) is 4.74 Å². The quantitative estimate of drug-likeness (QED) is 0.750. The van der Waals surface area contributed by atoms with Crippen molar-refractivity contribution in [3.63, 3.8) is 0 Å². The van der Waals surface area contributed by atoms with Crippen LogP contribution in [-0.2, 0) is 4.74 Å². The number of benzene rings is 2. The van der Waals surface area contributed by atoms with Crippen LogP contribution in [0.4, 0.5) is 0 Å².